The van der Waals surface area contributed by atoms with E-state index < -0.39 is 0 Å². The molecule has 1 heterocycles. The first-order valence-corrected chi connectivity index (χ1v) is 6.11. The van der Waals surface area contributed by atoms with Gasteiger partial charge in [-0.25, -0.2) is 4.68 Å². The summed E-state index contributed by atoms with van der Waals surface area (Å²) in [7, 11) is 0. The van der Waals surface area contributed by atoms with Gasteiger partial charge in [0, 0.05) is 10.6 Å². The molecule has 0 aliphatic rings. The molecule has 0 saturated heterocycles. The van der Waals surface area contributed by atoms with Crippen LogP contribution in [0, 0.1) is 0 Å². The molecule has 0 bridgehead atoms. The molecule has 0 fully saturated rings. The minimum atomic E-state index is 0.576. The van der Waals surface area contributed by atoms with E-state index in [-0.39, 0.29) is 0 Å². The van der Waals surface area contributed by atoms with Crippen molar-refractivity contribution in [1.29, 1.82) is 0 Å². The van der Waals surface area contributed by atoms with Gasteiger partial charge in [0.25, 0.3) is 0 Å². The van der Waals surface area contributed by atoms with Gasteiger partial charge in [0.1, 0.15) is 5.15 Å². The minimum absolute atomic E-state index is 0.576. The predicted molar refractivity (Wildman–Crippen MR) is 70.5 cm³/mol. The van der Waals surface area contributed by atoms with Crippen LogP contribution in [0.3, 0.4) is 0 Å². The van der Waals surface area contributed by atoms with Gasteiger partial charge in [0.2, 0.25) is 0 Å². The molecule has 1 aromatic heterocycles. The summed E-state index contributed by atoms with van der Waals surface area (Å²) in [6.45, 7) is 1.22. The van der Waals surface area contributed by atoms with Crippen LogP contribution in [0.15, 0.2) is 30.5 Å². The van der Waals surface area contributed by atoms with Crippen LogP contribution < -0.4 is 5.73 Å². The zero-order valence-electron chi connectivity index (χ0n) is 9.24. The number of nitrogens with two attached hydrogens (primary N) is 1. The molecule has 2 rings (SSSR count). The summed E-state index contributed by atoms with van der Waals surface area (Å²) >= 11 is 12.0. The van der Waals surface area contributed by atoms with Crippen molar-refractivity contribution in [3.05, 3.63) is 51.8 Å². The monoisotopic (exact) mass is 269 g/mol. The highest BCUT2D eigenvalue weighted by molar-refractivity contribution is 6.30. The maximum Gasteiger partial charge on any atom is 0.130 e. The fraction of sp³-hybridized carbons (Fsp3) is 0.250. The first-order chi connectivity index (χ1) is 8.20. The van der Waals surface area contributed by atoms with Gasteiger partial charge in [-0.3, -0.25) is 0 Å². The molecule has 0 unspecified atom stereocenters. The van der Waals surface area contributed by atoms with E-state index in [2.05, 4.69) is 5.10 Å². The zero-order chi connectivity index (χ0) is 12.3. The van der Waals surface area contributed by atoms with E-state index in [1.807, 2.05) is 24.3 Å². The molecular formula is C12H13Cl2N3. The summed E-state index contributed by atoms with van der Waals surface area (Å²) in [5, 5.41) is 5.63. The molecule has 17 heavy (non-hydrogen) atoms. The van der Waals surface area contributed by atoms with Gasteiger partial charge in [0.15, 0.2) is 0 Å². The molecule has 0 radical (unpaired) electrons. The first kappa shape index (κ1) is 12.4. The number of rotatable bonds is 4. The van der Waals surface area contributed by atoms with Crippen LogP contribution in [0.5, 0.6) is 0 Å². The summed E-state index contributed by atoms with van der Waals surface area (Å²) in [4.78, 5) is 0. The SMILES string of the molecule is NCCc1cnn(Cc2ccc(Cl)cc2)c1Cl. The van der Waals surface area contributed by atoms with Crippen LogP contribution in [0.1, 0.15) is 11.1 Å². The Morgan fingerprint density at radius 2 is 1.88 bits per heavy atom. The Morgan fingerprint density at radius 1 is 1.18 bits per heavy atom. The summed E-state index contributed by atoms with van der Waals surface area (Å²) in [6.07, 6.45) is 2.52. The molecule has 0 atom stereocenters. The molecule has 1 aromatic carbocycles. The maximum absolute atomic E-state index is 6.20. The van der Waals surface area contributed by atoms with Crippen molar-refractivity contribution in [2.75, 3.05) is 6.54 Å². The van der Waals surface area contributed by atoms with Crippen molar-refractivity contribution < 1.29 is 0 Å². The Kier molecular flexibility index (Phi) is 4.05. The zero-order valence-corrected chi connectivity index (χ0v) is 10.7. The summed E-state index contributed by atoms with van der Waals surface area (Å²) < 4.78 is 1.76. The lowest BCUT2D eigenvalue weighted by molar-refractivity contribution is 0.687. The summed E-state index contributed by atoms with van der Waals surface area (Å²) in [5.41, 5.74) is 7.60. The smallest absolute Gasteiger partial charge is 0.130 e. The number of aromatic nitrogens is 2. The van der Waals surface area contributed by atoms with Crippen LogP contribution >= 0.6 is 23.2 Å². The highest BCUT2D eigenvalue weighted by Crippen LogP contribution is 2.18. The molecule has 0 saturated carbocycles. The Labute approximate surface area is 110 Å². The van der Waals surface area contributed by atoms with E-state index in [1.165, 1.54) is 0 Å². The quantitative estimate of drug-likeness (QED) is 0.928. The maximum atomic E-state index is 6.20. The average Bonchev–Trinajstić information content (AvgIpc) is 2.65. The lowest BCUT2D eigenvalue weighted by Gasteiger charge is -2.04. The second kappa shape index (κ2) is 5.54. The Hall–Kier alpha value is -1.03. The van der Waals surface area contributed by atoms with Crippen LogP contribution in [0.2, 0.25) is 10.2 Å². The second-order valence-corrected chi connectivity index (χ2v) is 4.58. The van der Waals surface area contributed by atoms with E-state index in [4.69, 9.17) is 28.9 Å². The lowest BCUT2D eigenvalue weighted by atomic mass is 10.2. The van der Waals surface area contributed by atoms with Gasteiger partial charge in [-0.05, 0) is 30.7 Å². The van der Waals surface area contributed by atoms with Crippen molar-refractivity contribution in [3.8, 4) is 0 Å². The molecule has 0 amide bonds. The molecule has 0 spiro atoms. The van der Waals surface area contributed by atoms with E-state index in [0.717, 1.165) is 22.6 Å². The fourth-order valence-corrected chi connectivity index (χ4v) is 1.98. The van der Waals surface area contributed by atoms with Gasteiger partial charge < -0.3 is 5.73 Å². The lowest BCUT2D eigenvalue weighted by Crippen LogP contribution is -2.04. The minimum Gasteiger partial charge on any atom is -0.330 e. The number of halogens is 2. The second-order valence-electron chi connectivity index (χ2n) is 3.78. The fourth-order valence-electron chi connectivity index (χ4n) is 1.61. The molecule has 90 valence electrons. The third kappa shape index (κ3) is 3.00. The number of hydrogen-bond acceptors (Lipinski definition) is 2. The highest BCUT2D eigenvalue weighted by Gasteiger charge is 2.07. The van der Waals surface area contributed by atoms with Crippen molar-refractivity contribution in [2.24, 2.45) is 5.73 Å². The first-order valence-electron chi connectivity index (χ1n) is 5.35. The third-order valence-electron chi connectivity index (χ3n) is 2.50. The van der Waals surface area contributed by atoms with E-state index in [0.29, 0.717) is 18.2 Å². The molecule has 2 N–H and O–H groups in total. The normalized spacial score (nSPS) is 10.8. The topological polar surface area (TPSA) is 43.8 Å². The summed E-state index contributed by atoms with van der Waals surface area (Å²) in [5.74, 6) is 0. The predicted octanol–water partition coefficient (Wildman–Crippen LogP) is 2.74. The van der Waals surface area contributed by atoms with Crippen LogP contribution in [0.25, 0.3) is 0 Å². The van der Waals surface area contributed by atoms with Crippen molar-refractivity contribution in [1.82, 2.24) is 9.78 Å². The van der Waals surface area contributed by atoms with Gasteiger partial charge in [0.05, 0.1) is 12.7 Å². The van der Waals surface area contributed by atoms with E-state index in [9.17, 15) is 0 Å². The molecule has 3 nitrogen and oxygen atoms in total. The van der Waals surface area contributed by atoms with Crippen LogP contribution in [-0.2, 0) is 13.0 Å². The Balaban J connectivity index is 2.16. The van der Waals surface area contributed by atoms with Gasteiger partial charge in [-0.15, -0.1) is 0 Å². The molecule has 2 aromatic rings. The van der Waals surface area contributed by atoms with Gasteiger partial charge >= 0.3 is 0 Å². The number of benzene rings is 1. The van der Waals surface area contributed by atoms with Crippen molar-refractivity contribution in [3.63, 3.8) is 0 Å². The highest BCUT2D eigenvalue weighted by atomic mass is 35.5. The Morgan fingerprint density at radius 3 is 2.53 bits per heavy atom. The third-order valence-corrected chi connectivity index (χ3v) is 3.19. The van der Waals surface area contributed by atoms with E-state index in [1.54, 1.807) is 10.9 Å². The van der Waals surface area contributed by atoms with Crippen molar-refractivity contribution >= 4 is 23.2 Å². The number of nitrogens with zero attached hydrogens (tertiary/aromatic N) is 2. The number of hydrogen-bond donors (Lipinski definition) is 1. The standard InChI is InChI=1S/C12H13Cl2N3/c13-11-3-1-9(2-4-11)8-17-12(14)10(5-6-15)7-16-17/h1-4,7H,5-6,8,15H2. The largest absolute Gasteiger partial charge is 0.330 e. The Bertz CT molecular complexity index is 491. The van der Waals surface area contributed by atoms with Crippen LogP contribution in [-0.4, -0.2) is 16.3 Å². The van der Waals surface area contributed by atoms with Crippen LogP contribution in [0.4, 0.5) is 0 Å². The molecular weight excluding hydrogens is 257 g/mol. The van der Waals surface area contributed by atoms with Gasteiger partial charge in [-0.1, -0.05) is 35.3 Å². The molecule has 0 aliphatic heterocycles. The molecule has 5 heteroatoms. The van der Waals surface area contributed by atoms with Gasteiger partial charge in [-0.2, -0.15) is 5.10 Å². The molecule has 0 aliphatic carbocycles. The van der Waals surface area contributed by atoms with E-state index >= 15 is 0 Å². The average molecular weight is 270 g/mol. The summed E-state index contributed by atoms with van der Waals surface area (Å²) in [6, 6.07) is 7.63. The van der Waals surface area contributed by atoms with Crippen molar-refractivity contribution in [2.45, 2.75) is 13.0 Å².